The van der Waals surface area contributed by atoms with Gasteiger partial charge in [-0.1, -0.05) is 18.6 Å². The zero-order valence-electron chi connectivity index (χ0n) is 17.4. The van der Waals surface area contributed by atoms with E-state index in [0.29, 0.717) is 19.3 Å². The van der Waals surface area contributed by atoms with E-state index in [4.69, 9.17) is 5.11 Å². The van der Waals surface area contributed by atoms with E-state index in [1.165, 1.54) is 35.2 Å². The van der Waals surface area contributed by atoms with E-state index in [0.717, 1.165) is 18.2 Å². The first-order valence-electron chi connectivity index (χ1n) is 10.2. The fourth-order valence-electron chi connectivity index (χ4n) is 3.77. The fraction of sp³-hybridized carbons (Fsp3) is 0.261. The molecule has 1 heterocycles. The maximum Gasteiger partial charge on any atom is 0.303 e. The summed E-state index contributed by atoms with van der Waals surface area (Å²) in [5.41, 5.74) is -0.0790. The third-order valence-corrected chi connectivity index (χ3v) is 5.35. The van der Waals surface area contributed by atoms with Gasteiger partial charge >= 0.3 is 5.97 Å². The molecule has 1 saturated heterocycles. The Morgan fingerprint density at radius 3 is 2.36 bits per heavy atom. The average Bonchev–Trinajstić information content (AvgIpc) is 3.03. The number of hydrogen-bond donors (Lipinski definition) is 2. The molecule has 0 radical (unpaired) electrons. The molecular weight excluding hydrogens is 435 g/mol. The zero-order chi connectivity index (χ0) is 24.1. The molecule has 0 saturated carbocycles. The highest BCUT2D eigenvalue weighted by molar-refractivity contribution is 6.46. The van der Waals surface area contributed by atoms with Crippen LogP contribution in [0.2, 0.25) is 0 Å². The molecule has 0 aromatic heterocycles. The summed E-state index contributed by atoms with van der Waals surface area (Å²) >= 11 is 0. The number of carboxylic acid groups (broad SMARTS) is 1. The predicted molar refractivity (Wildman–Crippen MR) is 115 cm³/mol. The molecule has 1 aliphatic heterocycles. The second kappa shape index (κ2) is 10.0. The van der Waals surface area contributed by atoms with Crippen LogP contribution in [0.4, 0.5) is 10.1 Å². The summed E-state index contributed by atoms with van der Waals surface area (Å²) < 4.78 is 14.0. The molecule has 2 N–H and O–H groups in total. The molecule has 1 atom stereocenters. The molecule has 2 aromatic rings. The molecule has 1 amide bonds. The van der Waals surface area contributed by atoms with E-state index in [-0.39, 0.29) is 35.4 Å². The van der Waals surface area contributed by atoms with Crippen LogP contribution in [0.15, 0.2) is 54.1 Å². The smallest absolute Gasteiger partial charge is 0.303 e. The lowest BCUT2D eigenvalue weighted by molar-refractivity contribution is -0.384. The van der Waals surface area contributed by atoms with Gasteiger partial charge in [0.1, 0.15) is 11.6 Å². The van der Waals surface area contributed by atoms with Crippen molar-refractivity contribution in [2.75, 3.05) is 6.54 Å². The van der Waals surface area contributed by atoms with Gasteiger partial charge in [-0.3, -0.25) is 24.5 Å². The van der Waals surface area contributed by atoms with E-state index in [2.05, 4.69) is 0 Å². The first kappa shape index (κ1) is 23.6. The average molecular weight is 456 g/mol. The summed E-state index contributed by atoms with van der Waals surface area (Å²) in [7, 11) is 0. The van der Waals surface area contributed by atoms with E-state index in [1.54, 1.807) is 0 Å². The number of carbonyl (C=O) groups is 3. The standard InChI is InChI=1S/C23H21FN2O7/c24-16-6-4-5-15(13-16)20-19(21(29)14-8-10-17(11-9-14)26(32)33)22(30)23(31)25(20)12-3-1-2-7-18(27)28/h4-6,8-11,13,20,29H,1-3,7,12H2,(H,27,28)/b21-19-. The Bertz CT molecular complexity index is 1130. The van der Waals surface area contributed by atoms with Gasteiger partial charge in [-0.2, -0.15) is 0 Å². The summed E-state index contributed by atoms with van der Waals surface area (Å²) in [4.78, 5) is 47.8. The van der Waals surface area contributed by atoms with Crippen LogP contribution in [0.25, 0.3) is 5.76 Å². The van der Waals surface area contributed by atoms with Crippen LogP contribution in [0.1, 0.15) is 42.9 Å². The van der Waals surface area contributed by atoms with Gasteiger partial charge in [0.25, 0.3) is 17.4 Å². The highest BCUT2D eigenvalue weighted by Crippen LogP contribution is 2.39. The number of aliphatic carboxylic acids is 1. The van der Waals surface area contributed by atoms with E-state index >= 15 is 0 Å². The minimum Gasteiger partial charge on any atom is -0.507 e. The molecule has 2 aromatic carbocycles. The van der Waals surface area contributed by atoms with Crippen LogP contribution in [0, 0.1) is 15.9 Å². The first-order chi connectivity index (χ1) is 15.7. The largest absolute Gasteiger partial charge is 0.507 e. The number of rotatable bonds is 9. The summed E-state index contributed by atoms with van der Waals surface area (Å²) in [5.74, 6) is -3.87. The Balaban J connectivity index is 1.99. The van der Waals surface area contributed by atoms with Crippen LogP contribution in [-0.2, 0) is 14.4 Å². The van der Waals surface area contributed by atoms with Crippen molar-refractivity contribution in [1.82, 2.24) is 4.90 Å². The third-order valence-electron chi connectivity index (χ3n) is 5.35. The SMILES string of the molecule is O=C(O)CCCCCN1C(=O)C(=O)/C(=C(\O)c2ccc([N+](=O)[O-])cc2)C1c1cccc(F)c1. The Labute approximate surface area is 187 Å². The van der Waals surface area contributed by atoms with Gasteiger partial charge in [-0.05, 0) is 42.7 Å². The van der Waals surface area contributed by atoms with Gasteiger partial charge < -0.3 is 15.1 Å². The monoisotopic (exact) mass is 456 g/mol. The lowest BCUT2D eigenvalue weighted by Crippen LogP contribution is -2.30. The number of Topliss-reactive ketones (excluding diaryl/α,β-unsaturated/α-hetero) is 1. The number of carbonyl (C=O) groups excluding carboxylic acids is 2. The molecule has 10 heteroatoms. The van der Waals surface area contributed by atoms with Gasteiger partial charge in [0.15, 0.2) is 0 Å². The number of amides is 1. The highest BCUT2D eigenvalue weighted by atomic mass is 19.1. The maximum atomic E-state index is 14.0. The topological polar surface area (TPSA) is 138 Å². The molecule has 1 aliphatic rings. The molecule has 33 heavy (non-hydrogen) atoms. The minimum atomic E-state index is -1.06. The minimum absolute atomic E-state index is 0.0215. The lowest BCUT2D eigenvalue weighted by Gasteiger charge is -2.25. The number of nitro groups is 1. The number of aliphatic hydroxyl groups excluding tert-OH is 1. The Morgan fingerprint density at radius 1 is 1.06 bits per heavy atom. The van der Waals surface area contributed by atoms with Crippen molar-refractivity contribution in [3.63, 3.8) is 0 Å². The maximum absolute atomic E-state index is 14.0. The molecule has 0 aliphatic carbocycles. The quantitative estimate of drug-likeness (QED) is 0.146. The molecule has 0 bridgehead atoms. The number of likely N-dealkylation sites (tertiary alicyclic amines) is 1. The summed E-state index contributed by atoms with van der Waals surface area (Å²) in [6, 6.07) is 9.09. The molecule has 172 valence electrons. The number of nitrogens with zero attached hydrogens (tertiary/aromatic N) is 2. The van der Waals surface area contributed by atoms with Crippen molar-refractivity contribution >= 4 is 29.1 Å². The molecule has 1 fully saturated rings. The van der Waals surface area contributed by atoms with Crippen molar-refractivity contribution in [3.05, 3.63) is 81.2 Å². The molecular formula is C23H21FN2O7. The number of aliphatic hydroxyl groups is 1. The number of ketones is 1. The fourth-order valence-corrected chi connectivity index (χ4v) is 3.77. The van der Waals surface area contributed by atoms with E-state index < -0.39 is 40.2 Å². The number of hydrogen-bond acceptors (Lipinski definition) is 6. The van der Waals surface area contributed by atoms with Crippen LogP contribution in [0.3, 0.4) is 0 Å². The van der Waals surface area contributed by atoms with E-state index in [9.17, 15) is 34.0 Å². The van der Waals surface area contributed by atoms with Crippen molar-refractivity contribution in [1.29, 1.82) is 0 Å². The third kappa shape index (κ3) is 5.22. The van der Waals surface area contributed by atoms with Crippen molar-refractivity contribution < 1.29 is 33.9 Å². The van der Waals surface area contributed by atoms with Crippen molar-refractivity contribution in [2.24, 2.45) is 0 Å². The van der Waals surface area contributed by atoms with E-state index in [1.807, 2.05) is 0 Å². The van der Waals surface area contributed by atoms with Gasteiger partial charge in [0.2, 0.25) is 0 Å². The van der Waals surface area contributed by atoms with Gasteiger partial charge in [0, 0.05) is 30.7 Å². The van der Waals surface area contributed by atoms with Gasteiger partial charge in [0.05, 0.1) is 16.5 Å². The number of unbranched alkanes of at least 4 members (excludes halogenated alkanes) is 2. The number of benzene rings is 2. The Morgan fingerprint density at radius 2 is 1.76 bits per heavy atom. The summed E-state index contributed by atoms with van der Waals surface area (Å²) in [6.45, 7) is 0.0996. The Hall–Kier alpha value is -4.08. The number of non-ortho nitro benzene ring substituents is 1. The predicted octanol–water partition coefficient (Wildman–Crippen LogP) is 3.80. The first-order valence-corrected chi connectivity index (χ1v) is 10.2. The second-order valence-electron chi connectivity index (χ2n) is 7.56. The Kier molecular flexibility index (Phi) is 7.17. The van der Waals surface area contributed by atoms with Crippen LogP contribution in [0.5, 0.6) is 0 Å². The molecule has 1 unspecified atom stereocenters. The molecule has 0 spiro atoms. The number of halogens is 1. The van der Waals surface area contributed by atoms with Crippen LogP contribution >= 0.6 is 0 Å². The van der Waals surface area contributed by atoms with Crippen LogP contribution < -0.4 is 0 Å². The van der Waals surface area contributed by atoms with Crippen molar-refractivity contribution in [2.45, 2.75) is 31.7 Å². The summed E-state index contributed by atoms with van der Waals surface area (Å²) in [6.07, 6.45) is 1.27. The van der Waals surface area contributed by atoms with Gasteiger partial charge in [-0.25, -0.2) is 4.39 Å². The van der Waals surface area contributed by atoms with Crippen molar-refractivity contribution in [3.8, 4) is 0 Å². The summed E-state index contributed by atoms with van der Waals surface area (Å²) in [5, 5.41) is 30.5. The highest BCUT2D eigenvalue weighted by Gasteiger charge is 2.45. The van der Waals surface area contributed by atoms with Gasteiger partial charge in [-0.15, -0.1) is 0 Å². The normalized spacial score (nSPS) is 17.4. The number of nitro benzene ring substituents is 1. The van der Waals surface area contributed by atoms with Crippen LogP contribution in [-0.4, -0.2) is 44.2 Å². The molecule has 3 rings (SSSR count). The lowest BCUT2D eigenvalue weighted by atomic mass is 9.95. The second-order valence-corrected chi connectivity index (χ2v) is 7.56. The number of carboxylic acids is 1. The molecule has 9 nitrogen and oxygen atoms in total. The zero-order valence-corrected chi connectivity index (χ0v) is 17.4.